The van der Waals surface area contributed by atoms with Gasteiger partial charge in [0, 0.05) is 48.6 Å². The van der Waals surface area contributed by atoms with E-state index >= 15 is 0 Å². The summed E-state index contributed by atoms with van der Waals surface area (Å²) in [5, 5.41) is 7.39. The lowest BCUT2D eigenvalue weighted by Crippen LogP contribution is -2.55. The van der Waals surface area contributed by atoms with Crippen LogP contribution in [-0.4, -0.2) is 54.0 Å². The third kappa shape index (κ3) is 5.39. The number of amides is 3. The first-order valence-electron chi connectivity index (χ1n) is 14.9. The van der Waals surface area contributed by atoms with Crippen LogP contribution in [0.5, 0.6) is 0 Å². The molecule has 3 aliphatic rings. The van der Waals surface area contributed by atoms with Gasteiger partial charge in [0.15, 0.2) is 0 Å². The van der Waals surface area contributed by atoms with Crippen molar-refractivity contribution in [3.05, 3.63) is 77.5 Å². The Morgan fingerprint density at radius 1 is 1.05 bits per heavy atom. The van der Waals surface area contributed by atoms with E-state index in [-0.39, 0.29) is 17.4 Å². The average Bonchev–Trinajstić information content (AvgIpc) is 3.57. The maximum absolute atomic E-state index is 13.6. The number of carbonyl (C=O) groups is 2. The summed E-state index contributed by atoms with van der Waals surface area (Å²) >= 11 is 0. The van der Waals surface area contributed by atoms with Crippen molar-refractivity contribution >= 4 is 28.9 Å². The maximum Gasteiger partial charge on any atom is 0.318 e. The van der Waals surface area contributed by atoms with E-state index in [1.165, 1.54) is 17.5 Å². The molecule has 3 amide bonds. The summed E-state index contributed by atoms with van der Waals surface area (Å²) in [5.74, 6) is 0.868. The van der Waals surface area contributed by atoms with Gasteiger partial charge in [-0.15, -0.1) is 0 Å². The molecule has 2 heterocycles. The van der Waals surface area contributed by atoms with E-state index in [0.717, 1.165) is 48.6 Å². The van der Waals surface area contributed by atoms with Crippen LogP contribution >= 0.6 is 0 Å². The van der Waals surface area contributed by atoms with E-state index in [1.54, 1.807) is 0 Å². The smallest absolute Gasteiger partial charge is 0.318 e. The Hall–Kier alpha value is -3.58. The van der Waals surface area contributed by atoms with E-state index < -0.39 is 6.04 Å². The maximum atomic E-state index is 13.6. The van der Waals surface area contributed by atoms with Gasteiger partial charge in [-0.05, 0) is 73.2 Å². The van der Waals surface area contributed by atoms with Gasteiger partial charge in [0.1, 0.15) is 6.04 Å². The molecule has 7 heteroatoms. The monoisotopic (exact) mass is 539 g/mol. The number of likely N-dealkylation sites (tertiary alicyclic amines) is 1. The Kier molecular flexibility index (Phi) is 7.65. The second-order valence-electron chi connectivity index (χ2n) is 12.0. The standard InChI is InChI=1S/C33H41N5O2/c34-20-23-6-5-7-24(18-23)21-36-31(39)30(19-26-22-35-29-11-4-2-9-27(26)29)37-32(40)38-16-14-33(15-17-38)13-12-25-8-1-3-10-28(25)33/h1-4,8-13,22-24,30,35H,5-7,14-21,34H2,(H,36,39)(H,37,40)/t23-,24+,30-/m1/s1. The molecule has 1 saturated heterocycles. The highest BCUT2D eigenvalue weighted by Gasteiger charge is 2.39. The molecule has 2 aromatic carbocycles. The number of aromatic amines is 1. The summed E-state index contributed by atoms with van der Waals surface area (Å²) in [4.78, 5) is 32.3. The first-order valence-corrected chi connectivity index (χ1v) is 14.9. The molecule has 6 rings (SSSR count). The van der Waals surface area contributed by atoms with Crippen molar-refractivity contribution in [2.45, 2.75) is 56.4 Å². The molecule has 3 aromatic rings. The number of para-hydroxylation sites is 1. The summed E-state index contributed by atoms with van der Waals surface area (Å²) < 4.78 is 0. The number of allylic oxidation sites excluding steroid dienone is 1. The number of piperidine rings is 1. The van der Waals surface area contributed by atoms with Crippen LogP contribution in [0, 0.1) is 11.8 Å². The van der Waals surface area contributed by atoms with Gasteiger partial charge in [-0.1, -0.05) is 61.0 Å². The minimum atomic E-state index is -0.649. The third-order valence-corrected chi connectivity index (χ3v) is 9.52. The predicted octanol–water partition coefficient (Wildman–Crippen LogP) is 4.73. The number of carbonyl (C=O) groups excluding carboxylic acids is 2. The Morgan fingerprint density at radius 2 is 1.82 bits per heavy atom. The number of fused-ring (bicyclic) bond motifs is 3. The Morgan fingerprint density at radius 3 is 2.67 bits per heavy atom. The van der Waals surface area contributed by atoms with Gasteiger partial charge in [0.2, 0.25) is 5.91 Å². The molecule has 1 aromatic heterocycles. The largest absolute Gasteiger partial charge is 0.361 e. The van der Waals surface area contributed by atoms with Gasteiger partial charge in [0.05, 0.1) is 0 Å². The van der Waals surface area contributed by atoms with Gasteiger partial charge >= 0.3 is 6.03 Å². The van der Waals surface area contributed by atoms with Crippen LogP contribution in [0.4, 0.5) is 4.79 Å². The molecule has 40 heavy (non-hydrogen) atoms. The molecule has 7 nitrogen and oxygen atoms in total. The molecular weight excluding hydrogens is 498 g/mol. The number of aromatic nitrogens is 1. The second-order valence-corrected chi connectivity index (χ2v) is 12.0. The molecule has 3 atom stereocenters. The predicted molar refractivity (Wildman–Crippen MR) is 160 cm³/mol. The molecule has 5 N–H and O–H groups in total. The number of benzene rings is 2. The van der Waals surface area contributed by atoms with Crippen molar-refractivity contribution in [2.75, 3.05) is 26.2 Å². The lowest BCUT2D eigenvalue weighted by Gasteiger charge is -2.39. The number of hydrogen-bond acceptors (Lipinski definition) is 3. The van der Waals surface area contributed by atoms with Gasteiger partial charge in [-0.3, -0.25) is 4.79 Å². The first-order chi connectivity index (χ1) is 19.5. The third-order valence-electron chi connectivity index (χ3n) is 9.52. The van der Waals surface area contributed by atoms with Crippen molar-refractivity contribution in [1.29, 1.82) is 0 Å². The van der Waals surface area contributed by atoms with Crippen LogP contribution in [0.25, 0.3) is 17.0 Å². The highest BCUT2D eigenvalue weighted by atomic mass is 16.2. The van der Waals surface area contributed by atoms with Crippen LogP contribution in [-0.2, 0) is 16.6 Å². The van der Waals surface area contributed by atoms with E-state index in [4.69, 9.17) is 5.73 Å². The van der Waals surface area contributed by atoms with E-state index in [9.17, 15) is 9.59 Å². The number of hydrogen-bond donors (Lipinski definition) is 4. The number of urea groups is 1. The molecule has 0 bridgehead atoms. The van der Waals surface area contributed by atoms with Gasteiger partial charge in [0.25, 0.3) is 0 Å². The molecule has 2 aliphatic carbocycles. The van der Waals surface area contributed by atoms with Crippen molar-refractivity contribution in [3.63, 3.8) is 0 Å². The number of nitrogens with zero attached hydrogens (tertiary/aromatic N) is 1. The van der Waals surface area contributed by atoms with Crippen molar-refractivity contribution in [2.24, 2.45) is 17.6 Å². The molecular formula is C33H41N5O2. The molecule has 210 valence electrons. The second kappa shape index (κ2) is 11.5. The quantitative estimate of drug-likeness (QED) is 0.349. The number of nitrogens with two attached hydrogens (primary N) is 1. The minimum absolute atomic E-state index is 0.00950. The Balaban J connectivity index is 1.13. The summed E-state index contributed by atoms with van der Waals surface area (Å²) in [6.07, 6.45) is 13.2. The summed E-state index contributed by atoms with van der Waals surface area (Å²) in [7, 11) is 0. The van der Waals surface area contributed by atoms with Gasteiger partial charge in [-0.25, -0.2) is 4.79 Å². The molecule has 0 unspecified atom stereocenters. The van der Waals surface area contributed by atoms with Crippen LogP contribution in [0.15, 0.2) is 60.8 Å². The normalized spacial score (nSPS) is 22.3. The van der Waals surface area contributed by atoms with Crippen LogP contribution < -0.4 is 16.4 Å². The van der Waals surface area contributed by atoms with E-state index in [0.29, 0.717) is 44.4 Å². The molecule has 1 aliphatic heterocycles. The Labute approximate surface area is 236 Å². The van der Waals surface area contributed by atoms with Crippen LogP contribution in [0.3, 0.4) is 0 Å². The van der Waals surface area contributed by atoms with Crippen LogP contribution in [0.2, 0.25) is 0 Å². The van der Waals surface area contributed by atoms with Crippen molar-refractivity contribution in [3.8, 4) is 0 Å². The van der Waals surface area contributed by atoms with E-state index in [1.807, 2.05) is 29.3 Å². The fraction of sp³-hybridized carbons (Fsp3) is 0.455. The fourth-order valence-corrected chi connectivity index (χ4v) is 7.12. The zero-order valence-corrected chi connectivity index (χ0v) is 23.2. The summed E-state index contributed by atoms with van der Waals surface area (Å²) in [6, 6.07) is 15.8. The lowest BCUT2D eigenvalue weighted by molar-refractivity contribution is -0.123. The van der Waals surface area contributed by atoms with Gasteiger partial charge < -0.3 is 26.3 Å². The average molecular weight is 540 g/mol. The number of rotatable bonds is 7. The molecule has 2 fully saturated rings. The summed E-state index contributed by atoms with van der Waals surface area (Å²) in [6.45, 7) is 2.67. The fourth-order valence-electron chi connectivity index (χ4n) is 7.12. The number of nitrogens with one attached hydrogen (secondary N) is 3. The minimum Gasteiger partial charge on any atom is -0.361 e. The molecule has 0 radical (unpaired) electrons. The number of H-pyrrole nitrogens is 1. The Bertz CT molecular complexity index is 1390. The highest BCUT2D eigenvalue weighted by molar-refractivity contribution is 5.89. The first kappa shape index (κ1) is 26.6. The zero-order chi connectivity index (χ0) is 27.5. The van der Waals surface area contributed by atoms with Gasteiger partial charge in [-0.2, -0.15) is 0 Å². The zero-order valence-electron chi connectivity index (χ0n) is 23.2. The summed E-state index contributed by atoms with van der Waals surface area (Å²) in [5.41, 5.74) is 10.7. The van der Waals surface area contributed by atoms with Crippen molar-refractivity contribution < 1.29 is 9.59 Å². The highest BCUT2D eigenvalue weighted by Crippen LogP contribution is 2.43. The lowest BCUT2D eigenvalue weighted by atomic mass is 9.74. The van der Waals surface area contributed by atoms with Crippen LogP contribution in [0.1, 0.15) is 55.2 Å². The molecule has 1 saturated carbocycles. The topological polar surface area (TPSA) is 103 Å². The SMILES string of the molecule is NC[C@@H]1CCC[C@H](CNC(=O)[C@@H](Cc2c[nH]c3ccccc23)NC(=O)N2CCC3(C=Cc4ccccc43)CC2)C1. The van der Waals surface area contributed by atoms with E-state index in [2.05, 4.69) is 58.1 Å². The molecule has 1 spiro atoms. The van der Waals surface area contributed by atoms with Crippen molar-refractivity contribution in [1.82, 2.24) is 20.5 Å².